The molecule has 0 saturated heterocycles. The summed E-state index contributed by atoms with van der Waals surface area (Å²) >= 11 is 0. The number of fused-ring (bicyclic) bond motifs is 3. The summed E-state index contributed by atoms with van der Waals surface area (Å²) in [6.45, 7) is 0. The van der Waals surface area contributed by atoms with Crippen LogP contribution in [0, 0.1) is 0 Å². The summed E-state index contributed by atoms with van der Waals surface area (Å²) < 4.78 is 0. The Kier molecular flexibility index (Phi) is 6.60. The van der Waals surface area contributed by atoms with Gasteiger partial charge >= 0.3 is 0 Å². The van der Waals surface area contributed by atoms with Gasteiger partial charge in [-0.05, 0) is 106 Å². The minimum atomic E-state index is 0.625. The van der Waals surface area contributed by atoms with Crippen LogP contribution in [0.5, 0.6) is 0 Å². The fraction of sp³-hybridized carbons (Fsp3) is 0. The first-order valence-corrected chi connectivity index (χ1v) is 19.0. The number of hydrogen-bond donors (Lipinski definition) is 0. The van der Waals surface area contributed by atoms with Crippen LogP contribution in [0.15, 0.2) is 182 Å². The lowest BCUT2D eigenvalue weighted by Gasteiger charge is -2.17. The van der Waals surface area contributed by atoms with Crippen molar-refractivity contribution in [3.63, 3.8) is 0 Å². The van der Waals surface area contributed by atoms with Gasteiger partial charge in [0.1, 0.15) is 0 Å². The van der Waals surface area contributed by atoms with Gasteiger partial charge in [0.05, 0.1) is 5.52 Å². The molecule has 0 aliphatic rings. The van der Waals surface area contributed by atoms with Crippen LogP contribution in [-0.4, -0.2) is 19.9 Å². The van der Waals surface area contributed by atoms with E-state index < -0.39 is 0 Å². The zero-order chi connectivity index (χ0) is 36.7. The molecule has 2 aromatic heterocycles. The van der Waals surface area contributed by atoms with Gasteiger partial charge < -0.3 is 0 Å². The standard InChI is InChI=1S/C52H30N4/c1-2-10-34(11-3-1)50-54-51(56-52(55-50)43-17-5-4-16-39(43)35-25-26-45-36(28-35)15-9-27-53-45)38-29-37-24-23-33-13-7-19-41-40-18-6-12-31-21-22-32-14-8-20-42(48(32)46(31)40)44(30-38)49(37)47(33)41/h1-30H. The molecule has 0 bridgehead atoms. The normalized spacial score (nSPS) is 11.9. The van der Waals surface area contributed by atoms with Gasteiger partial charge in [-0.15, -0.1) is 0 Å². The molecule has 0 N–H and O–H groups in total. The molecule has 0 aliphatic carbocycles. The van der Waals surface area contributed by atoms with Crippen LogP contribution in [0.25, 0.3) is 121 Å². The Morgan fingerprint density at radius 2 is 0.821 bits per heavy atom. The second-order valence-corrected chi connectivity index (χ2v) is 14.6. The van der Waals surface area contributed by atoms with Gasteiger partial charge in [-0.2, -0.15) is 0 Å². The molecule has 0 fully saturated rings. The summed E-state index contributed by atoms with van der Waals surface area (Å²) in [5.74, 6) is 1.89. The highest BCUT2D eigenvalue weighted by Gasteiger charge is 2.20. The second kappa shape index (κ2) is 12.0. The molecule has 12 aromatic rings. The third-order valence-electron chi connectivity index (χ3n) is 11.4. The van der Waals surface area contributed by atoms with Crippen molar-refractivity contribution in [3.8, 4) is 45.3 Å². The molecule has 258 valence electrons. The van der Waals surface area contributed by atoms with Gasteiger partial charge in [0.15, 0.2) is 17.5 Å². The van der Waals surface area contributed by atoms with Crippen LogP contribution in [0.4, 0.5) is 0 Å². The molecule has 0 radical (unpaired) electrons. The van der Waals surface area contributed by atoms with Crippen molar-refractivity contribution in [2.45, 2.75) is 0 Å². The van der Waals surface area contributed by atoms with E-state index in [-0.39, 0.29) is 0 Å². The Bertz CT molecular complexity index is 3530. The molecule has 0 atom stereocenters. The van der Waals surface area contributed by atoms with Crippen molar-refractivity contribution >= 4 is 75.5 Å². The van der Waals surface area contributed by atoms with E-state index in [0.717, 1.165) is 44.1 Å². The summed E-state index contributed by atoms with van der Waals surface area (Å²) in [5, 5.41) is 15.9. The molecule has 10 aromatic carbocycles. The molecule has 4 heteroatoms. The van der Waals surface area contributed by atoms with Crippen LogP contribution >= 0.6 is 0 Å². The molecule has 12 rings (SSSR count). The maximum atomic E-state index is 5.34. The fourth-order valence-electron chi connectivity index (χ4n) is 8.93. The lowest BCUT2D eigenvalue weighted by molar-refractivity contribution is 1.08. The van der Waals surface area contributed by atoms with E-state index in [2.05, 4.69) is 157 Å². The quantitative estimate of drug-likeness (QED) is 0.171. The van der Waals surface area contributed by atoms with Crippen molar-refractivity contribution in [1.82, 2.24) is 19.9 Å². The number of rotatable bonds is 4. The first-order chi connectivity index (χ1) is 27.7. The number of hydrogen-bond acceptors (Lipinski definition) is 4. The molecule has 56 heavy (non-hydrogen) atoms. The summed E-state index contributed by atoms with van der Waals surface area (Å²) in [6.07, 6.45) is 1.83. The molecule has 0 spiro atoms. The summed E-state index contributed by atoms with van der Waals surface area (Å²) in [5.41, 5.74) is 5.91. The minimum absolute atomic E-state index is 0.625. The van der Waals surface area contributed by atoms with Crippen molar-refractivity contribution in [2.75, 3.05) is 0 Å². The predicted octanol–water partition coefficient (Wildman–Crippen LogP) is 13.4. The second-order valence-electron chi connectivity index (χ2n) is 14.6. The van der Waals surface area contributed by atoms with E-state index in [1.54, 1.807) is 0 Å². The molecule has 2 heterocycles. The SMILES string of the molecule is c1ccc(-c2nc(-c3cc4ccc5cccc6c7cccc8ccc9cccc(c(c3)c4c56)c9c87)nc(-c3ccccc3-c3ccc4ncccc4c3)n2)cc1. The molecule has 0 saturated carbocycles. The van der Waals surface area contributed by atoms with Gasteiger partial charge in [-0.25, -0.2) is 15.0 Å². The third kappa shape index (κ3) is 4.66. The maximum absolute atomic E-state index is 5.34. The monoisotopic (exact) mass is 710 g/mol. The average Bonchev–Trinajstić information content (AvgIpc) is 3.27. The van der Waals surface area contributed by atoms with E-state index in [0.29, 0.717) is 17.5 Å². The van der Waals surface area contributed by atoms with Crippen LogP contribution in [0.1, 0.15) is 0 Å². The van der Waals surface area contributed by atoms with Crippen molar-refractivity contribution in [2.24, 2.45) is 0 Å². The summed E-state index contributed by atoms with van der Waals surface area (Å²) in [4.78, 5) is 20.3. The molecular weight excluding hydrogens is 681 g/mol. The molecule has 0 amide bonds. The Balaban J connectivity index is 1.18. The van der Waals surface area contributed by atoms with E-state index >= 15 is 0 Å². The van der Waals surface area contributed by atoms with Gasteiger partial charge in [0, 0.05) is 28.3 Å². The number of benzene rings is 9. The highest BCUT2D eigenvalue weighted by Crippen LogP contribution is 2.44. The van der Waals surface area contributed by atoms with Crippen molar-refractivity contribution < 1.29 is 0 Å². The molecule has 0 aliphatic heterocycles. The largest absolute Gasteiger partial charge is 0.256 e. The first-order valence-electron chi connectivity index (χ1n) is 19.0. The molecular formula is C52H30N4. The smallest absolute Gasteiger partial charge is 0.164 e. The topological polar surface area (TPSA) is 51.6 Å². The highest BCUT2D eigenvalue weighted by atomic mass is 15.0. The van der Waals surface area contributed by atoms with Gasteiger partial charge in [0.2, 0.25) is 0 Å². The van der Waals surface area contributed by atoms with E-state index in [9.17, 15) is 0 Å². The average molecular weight is 711 g/mol. The van der Waals surface area contributed by atoms with E-state index in [4.69, 9.17) is 15.0 Å². The molecule has 0 unspecified atom stereocenters. The summed E-state index contributed by atoms with van der Waals surface area (Å²) in [6, 6.07) is 62.8. The Labute approximate surface area is 321 Å². The molecule has 4 nitrogen and oxygen atoms in total. The number of pyridine rings is 1. The zero-order valence-corrected chi connectivity index (χ0v) is 30.1. The van der Waals surface area contributed by atoms with Gasteiger partial charge in [-0.1, -0.05) is 146 Å². The maximum Gasteiger partial charge on any atom is 0.164 e. The van der Waals surface area contributed by atoms with Crippen LogP contribution in [-0.2, 0) is 0 Å². The number of aromatic nitrogens is 4. The van der Waals surface area contributed by atoms with Crippen LogP contribution in [0.2, 0.25) is 0 Å². The van der Waals surface area contributed by atoms with E-state index in [1.807, 2.05) is 30.5 Å². The first kappa shape index (κ1) is 30.9. The Hall–Kier alpha value is -7.56. The van der Waals surface area contributed by atoms with Crippen molar-refractivity contribution in [1.29, 1.82) is 0 Å². The van der Waals surface area contributed by atoms with Crippen LogP contribution in [0.3, 0.4) is 0 Å². The third-order valence-corrected chi connectivity index (χ3v) is 11.4. The lowest BCUT2D eigenvalue weighted by Crippen LogP contribution is -2.01. The summed E-state index contributed by atoms with van der Waals surface area (Å²) in [7, 11) is 0. The zero-order valence-electron chi connectivity index (χ0n) is 30.1. The number of nitrogens with zero attached hydrogens (tertiary/aromatic N) is 4. The predicted molar refractivity (Wildman–Crippen MR) is 233 cm³/mol. The Morgan fingerprint density at radius 1 is 0.286 bits per heavy atom. The van der Waals surface area contributed by atoms with E-state index in [1.165, 1.54) is 59.2 Å². The minimum Gasteiger partial charge on any atom is -0.256 e. The fourth-order valence-corrected chi connectivity index (χ4v) is 8.93. The Morgan fingerprint density at radius 3 is 1.52 bits per heavy atom. The van der Waals surface area contributed by atoms with Gasteiger partial charge in [0.25, 0.3) is 0 Å². The highest BCUT2D eigenvalue weighted by molar-refractivity contribution is 6.37. The van der Waals surface area contributed by atoms with Crippen LogP contribution < -0.4 is 0 Å². The van der Waals surface area contributed by atoms with Gasteiger partial charge in [-0.3, -0.25) is 4.98 Å². The van der Waals surface area contributed by atoms with Crippen molar-refractivity contribution in [3.05, 3.63) is 182 Å². The lowest BCUT2D eigenvalue weighted by atomic mass is 9.87.